The zero-order chi connectivity index (χ0) is 11.4. The molecule has 0 aliphatic carbocycles. The number of aromatic hydroxyl groups is 2. The van der Waals surface area contributed by atoms with Crippen molar-refractivity contribution in [3.05, 3.63) is 36.2 Å². The number of hydrogen-bond donors (Lipinski definition) is 2. The van der Waals surface area contributed by atoms with Gasteiger partial charge in [-0.05, 0) is 17.7 Å². The van der Waals surface area contributed by atoms with Gasteiger partial charge in [0.15, 0.2) is 5.16 Å². The quantitative estimate of drug-likeness (QED) is 0.621. The summed E-state index contributed by atoms with van der Waals surface area (Å²) in [4.78, 5) is 11.5. The Hall–Kier alpha value is -1.82. The molecule has 2 aromatic rings. The fourth-order valence-corrected chi connectivity index (χ4v) is 1.90. The molecule has 0 radical (unpaired) electrons. The van der Waals surface area contributed by atoms with Gasteiger partial charge in [0, 0.05) is 18.1 Å². The second kappa shape index (κ2) is 4.80. The van der Waals surface area contributed by atoms with Gasteiger partial charge < -0.3 is 10.2 Å². The molecule has 0 amide bonds. The molecule has 2 rings (SSSR count). The number of nitrogens with zero attached hydrogens (tertiary/aromatic N) is 3. The molecule has 2 aromatic heterocycles. The van der Waals surface area contributed by atoms with Gasteiger partial charge in [-0.1, -0.05) is 11.8 Å². The van der Waals surface area contributed by atoms with Crippen LogP contribution in [0.15, 0.2) is 35.7 Å². The largest absolute Gasteiger partial charge is 0.493 e. The highest BCUT2D eigenvalue weighted by molar-refractivity contribution is 7.98. The van der Waals surface area contributed by atoms with Gasteiger partial charge in [0.2, 0.25) is 11.8 Å². The average Bonchev–Trinajstić information content (AvgIpc) is 2.27. The Bertz CT molecular complexity index is 458. The summed E-state index contributed by atoms with van der Waals surface area (Å²) in [5.41, 5.74) is 1.08. The summed E-state index contributed by atoms with van der Waals surface area (Å²) in [5, 5.41) is 18.7. The molecular weight excluding hydrogens is 226 g/mol. The third-order valence-electron chi connectivity index (χ3n) is 1.80. The molecule has 0 spiro atoms. The fourth-order valence-electron chi connectivity index (χ4n) is 1.09. The van der Waals surface area contributed by atoms with Gasteiger partial charge in [0.05, 0.1) is 6.07 Å². The Balaban J connectivity index is 2.05. The monoisotopic (exact) mass is 235 g/mol. The zero-order valence-corrected chi connectivity index (χ0v) is 9.05. The first-order valence-corrected chi connectivity index (χ1v) is 5.51. The lowest BCUT2D eigenvalue weighted by Crippen LogP contribution is -1.88. The van der Waals surface area contributed by atoms with Gasteiger partial charge in [-0.25, -0.2) is 0 Å². The SMILES string of the molecule is Oc1cc(O)nc(SCc2ccncc2)n1. The van der Waals surface area contributed by atoms with Crippen LogP contribution in [-0.4, -0.2) is 25.2 Å². The van der Waals surface area contributed by atoms with Crippen LogP contribution in [0.25, 0.3) is 0 Å². The van der Waals surface area contributed by atoms with Gasteiger partial charge in [0.25, 0.3) is 0 Å². The molecule has 0 atom stereocenters. The van der Waals surface area contributed by atoms with E-state index in [9.17, 15) is 0 Å². The van der Waals surface area contributed by atoms with E-state index in [1.807, 2.05) is 12.1 Å². The predicted octanol–water partition coefficient (Wildman–Crippen LogP) is 1.58. The smallest absolute Gasteiger partial charge is 0.218 e. The van der Waals surface area contributed by atoms with Gasteiger partial charge in [-0.15, -0.1) is 0 Å². The fraction of sp³-hybridized carbons (Fsp3) is 0.100. The maximum absolute atomic E-state index is 9.16. The van der Waals surface area contributed by atoms with Crippen LogP contribution in [0, 0.1) is 0 Å². The second-order valence-corrected chi connectivity index (χ2v) is 3.95. The maximum Gasteiger partial charge on any atom is 0.218 e. The van der Waals surface area contributed by atoms with Crippen LogP contribution in [0.4, 0.5) is 0 Å². The lowest BCUT2D eigenvalue weighted by Gasteiger charge is -2.01. The standard InChI is InChI=1S/C10H9N3O2S/c14-8-5-9(15)13-10(12-8)16-6-7-1-3-11-4-2-7/h1-5H,6H2,(H2,12,13,14,15). The number of rotatable bonds is 3. The highest BCUT2D eigenvalue weighted by atomic mass is 32.2. The van der Waals surface area contributed by atoms with E-state index in [-0.39, 0.29) is 11.8 Å². The van der Waals surface area contributed by atoms with Crippen LogP contribution in [0.1, 0.15) is 5.56 Å². The van der Waals surface area contributed by atoms with E-state index < -0.39 is 0 Å². The Labute approximate surface area is 96.2 Å². The molecule has 0 bridgehead atoms. The lowest BCUT2D eigenvalue weighted by molar-refractivity contribution is 0.411. The Morgan fingerprint density at radius 3 is 2.31 bits per heavy atom. The number of hydrogen-bond acceptors (Lipinski definition) is 6. The van der Waals surface area contributed by atoms with Crippen molar-refractivity contribution in [3.63, 3.8) is 0 Å². The minimum atomic E-state index is -0.232. The van der Waals surface area contributed by atoms with Crippen molar-refractivity contribution in [1.29, 1.82) is 0 Å². The summed E-state index contributed by atoms with van der Waals surface area (Å²) in [6, 6.07) is 4.86. The molecule has 0 aliphatic heterocycles. The molecule has 2 heterocycles. The van der Waals surface area contributed by atoms with E-state index in [2.05, 4.69) is 15.0 Å². The maximum atomic E-state index is 9.16. The van der Waals surface area contributed by atoms with Crippen molar-refractivity contribution in [3.8, 4) is 11.8 Å². The van der Waals surface area contributed by atoms with E-state index in [0.717, 1.165) is 11.6 Å². The second-order valence-electron chi connectivity index (χ2n) is 3.01. The van der Waals surface area contributed by atoms with E-state index in [0.29, 0.717) is 10.9 Å². The molecule has 6 heteroatoms. The summed E-state index contributed by atoms with van der Waals surface area (Å²) in [6.07, 6.45) is 3.41. The van der Waals surface area contributed by atoms with E-state index in [4.69, 9.17) is 10.2 Å². The topological polar surface area (TPSA) is 79.1 Å². The van der Waals surface area contributed by atoms with Crippen LogP contribution >= 0.6 is 11.8 Å². The Morgan fingerprint density at radius 1 is 1.06 bits per heavy atom. The Morgan fingerprint density at radius 2 is 1.69 bits per heavy atom. The molecule has 0 saturated heterocycles. The molecule has 0 aliphatic rings. The van der Waals surface area contributed by atoms with Crippen LogP contribution in [0.3, 0.4) is 0 Å². The van der Waals surface area contributed by atoms with Crippen LogP contribution < -0.4 is 0 Å². The van der Waals surface area contributed by atoms with Crippen molar-refractivity contribution in [1.82, 2.24) is 15.0 Å². The van der Waals surface area contributed by atoms with Crippen molar-refractivity contribution in [2.75, 3.05) is 0 Å². The van der Waals surface area contributed by atoms with Gasteiger partial charge in [0.1, 0.15) is 0 Å². The van der Waals surface area contributed by atoms with Crippen LogP contribution in [0.2, 0.25) is 0 Å². The molecule has 0 fully saturated rings. The first-order valence-electron chi connectivity index (χ1n) is 4.53. The normalized spacial score (nSPS) is 10.2. The molecule has 0 aromatic carbocycles. The molecule has 16 heavy (non-hydrogen) atoms. The number of thioether (sulfide) groups is 1. The van der Waals surface area contributed by atoms with E-state index >= 15 is 0 Å². The van der Waals surface area contributed by atoms with Gasteiger partial charge in [-0.2, -0.15) is 9.97 Å². The first kappa shape index (κ1) is 10.7. The molecule has 0 saturated carbocycles. The van der Waals surface area contributed by atoms with E-state index in [1.54, 1.807) is 12.4 Å². The van der Waals surface area contributed by atoms with Crippen LogP contribution in [0.5, 0.6) is 11.8 Å². The highest BCUT2D eigenvalue weighted by Gasteiger charge is 2.03. The van der Waals surface area contributed by atoms with E-state index in [1.165, 1.54) is 11.8 Å². The average molecular weight is 235 g/mol. The third kappa shape index (κ3) is 2.83. The Kier molecular flexibility index (Phi) is 3.21. The zero-order valence-electron chi connectivity index (χ0n) is 8.24. The minimum Gasteiger partial charge on any atom is -0.493 e. The van der Waals surface area contributed by atoms with Gasteiger partial charge in [-0.3, -0.25) is 4.98 Å². The van der Waals surface area contributed by atoms with Crippen molar-refractivity contribution in [2.24, 2.45) is 0 Å². The summed E-state index contributed by atoms with van der Waals surface area (Å²) < 4.78 is 0. The van der Waals surface area contributed by atoms with Crippen LogP contribution in [-0.2, 0) is 5.75 Å². The molecular formula is C10H9N3O2S. The molecule has 0 unspecified atom stereocenters. The highest BCUT2D eigenvalue weighted by Crippen LogP contribution is 2.23. The van der Waals surface area contributed by atoms with Gasteiger partial charge >= 0.3 is 0 Å². The summed E-state index contributed by atoms with van der Waals surface area (Å²) in [6.45, 7) is 0. The first-order chi connectivity index (χ1) is 7.74. The third-order valence-corrected chi connectivity index (χ3v) is 2.71. The summed E-state index contributed by atoms with van der Waals surface area (Å²) >= 11 is 1.33. The molecule has 5 nitrogen and oxygen atoms in total. The molecule has 2 N–H and O–H groups in total. The molecule has 82 valence electrons. The lowest BCUT2D eigenvalue weighted by atomic mass is 10.3. The minimum absolute atomic E-state index is 0.232. The summed E-state index contributed by atoms with van der Waals surface area (Å²) in [5.74, 6) is 0.195. The number of pyridine rings is 1. The number of aromatic nitrogens is 3. The van der Waals surface area contributed by atoms with Crippen molar-refractivity contribution < 1.29 is 10.2 Å². The van der Waals surface area contributed by atoms with Crippen molar-refractivity contribution >= 4 is 11.8 Å². The predicted molar refractivity (Wildman–Crippen MR) is 59.2 cm³/mol. The van der Waals surface area contributed by atoms with Crippen molar-refractivity contribution in [2.45, 2.75) is 10.9 Å². The summed E-state index contributed by atoms with van der Waals surface area (Å²) in [7, 11) is 0.